The molecule has 2 N–H and O–H groups in total. The summed E-state index contributed by atoms with van der Waals surface area (Å²) in [4.78, 5) is 18.7. The highest BCUT2D eigenvalue weighted by molar-refractivity contribution is 7.73. The van der Waals surface area contributed by atoms with E-state index in [1.165, 1.54) is 11.3 Å². The van der Waals surface area contributed by atoms with Crippen LogP contribution >= 0.6 is 23.6 Å². The predicted molar refractivity (Wildman–Crippen MR) is 100 cm³/mol. The molecule has 2 heterocycles. The van der Waals surface area contributed by atoms with E-state index in [-0.39, 0.29) is 11.9 Å². The van der Waals surface area contributed by atoms with Gasteiger partial charge in [0.1, 0.15) is 0 Å². The lowest BCUT2D eigenvalue weighted by Gasteiger charge is -2.36. The van der Waals surface area contributed by atoms with Crippen LogP contribution in [0.2, 0.25) is 0 Å². The van der Waals surface area contributed by atoms with Gasteiger partial charge in [0.15, 0.2) is 3.95 Å². The summed E-state index contributed by atoms with van der Waals surface area (Å²) in [6.07, 6.45) is 0.193. The van der Waals surface area contributed by atoms with E-state index in [0.717, 1.165) is 16.1 Å². The molecule has 3 rings (SSSR count). The highest BCUT2D eigenvalue weighted by Gasteiger charge is 2.30. The van der Waals surface area contributed by atoms with Gasteiger partial charge in [-0.05, 0) is 24.7 Å². The number of benzene rings is 1. The van der Waals surface area contributed by atoms with Crippen molar-refractivity contribution < 1.29 is 14.6 Å². The smallest absolute Gasteiger partial charge is 0.228 e. The number of carbonyl (C=O) groups excluding carboxylic acids is 1. The molecule has 134 valence electrons. The fourth-order valence-corrected chi connectivity index (χ4v) is 4.37. The maximum Gasteiger partial charge on any atom is 0.228 e. The number of carbonyl (C=O) groups is 1. The SMILES string of the molecule is Cc1[nH]c(=S)sc1CC(=O)N1CCOC[C@@H]1C[C@H](O)c1ccccc1. The number of aryl methyl sites for hydroxylation is 1. The third-order valence-electron chi connectivity index (χ3n) is 4.46. The zero-order chi connectivity index (χ0) is 17.8. The summed E-state index contributed by atoms with van der Waals surface area (Å²) in [6, 6.07) is 9.41. The second-order valence-electron chi connectivity index (χ2n) is 6.22. The number of nitrogens with zero attached hydrogens (tertiary/aromatic N) is 1. The van der Waals surface area contributed by atoms with E-state index in [9.17, 15) is 9.90 Å². The molecule has 25 heavy (non-hydrogen) atoms. The van der Waals surface area contributed by atoms with Gasteiger partial charge in [-0.3, -0.25) is 4.79 Å². The van der Waals surface area contributed by atoms with Gasteiger partial charge in [0, 0.05) is 23.5 Å². The summed E-state index contributed by atoms with van der Waals surface area (Å²) in [5.74, 6) is 0.0573. The first kappa shape index (κ1) is 18.3. The molecule has 0 saturated carbocycles. The first-order valence-corrected chi connectivity index (χ1v) is 9.56. The number of aromatic amines is 1. The van der Waals surface area contributed by atoms with Crippen molar-refractivity contribution in [2.24, 2.45) is 0 Å². The minimum absolute atomic E-state index is 0.0573. The fraction of sp³-hybridized carbons (Fsp3) is 0.444. The molecule has 0 unspecified atom stereocenters. The van der Waals surface area contributed by atoms with E-state index >= 15 is 0 Å². The Morgan fingerprint density at radius 3 is 2.92 bits per heavy atom. The summed E-state index contributed by atoms with van der Waals surface area (Å²) in [5.41, 5.74) is 1.82. The van der Waals surface area contributed by atoms with Crippen LogP contribution in [0.3, 0.4) is 0 Å². The molecule has 7 heteroatoms. The number of amides is 1. The lowest BCUT2D eigenvalue weighted by Crippen LogP contribution is -2.49. The molecule has 5 nitrogen and oxygen atoms in total. The van der Waals surface area contributed by atoms with Crippen LogP contribution in [0.1, 0.15) is 28.7 Å². The second-order valence-corrected chi connectivity index (χ2v) is 7.99. The number of ether oxygens (including phenoxy) is 1. The number of H-pyrrole nitrogens is 1. The average molecular weight is 379 g/mol. The molecule has 0 aliphatic carbocycles. The van der Waals surface area contributed by atoms with Crippen molar-refractivity contribution in [3.63, 3.8) is 0 Å². The number of hydrogen-bond acceptors (Lipinski definition) is 5. The molecule has 0 bridgehead atoms. The lowest BCUT2D eigenvalue weighted by molar-refractivity contribution is -0.140. The van der Waals surface area contributed by atoms with Crippen LogP contribution in [-0.4, -0.2) is 46.7 Å². The van der Waals surface area contributed by atoms with E-state index < -0.39 is 6.10 Å². The van der Waals surface area contributed by atoms with E-state index in [1.54, 1.807) is 0 Å². The molecule has 1 aliphatic heterocycles. The summed E-state index contributed by atoms with van der Waals surface area (Å²) in [5, 5.41) is 10.5. The van der Waals surface area contributed by atoms with Crippen LogP contribution in [0.4, 0.5) is 0 Å². The molecule has 0 spiro atoms. The van der Waals surface area contributed by atoms with E-state index in [4.69, 9.17) is 17.0 Å². The minimum Gasteiger partial charge on any atom is -0.388 e. The molecule has 1 aliphatic rings. The number of thiazole rings is 1. The van der Waals surface area contributed by atoms with Crippen molar-refractivity contribution in [1.82, 2.24) is 9.88 Å². The van der Waals surface area contributed by atoms with Gasteiger partial charge in [-0.2, -0.15) is 0 Å². The summed E-state index contributed by atoms with van der Waals surface area (Å²) < 4.78 is 6.24. The Morgan fingerprint density at radius 1 is 1.48 bits per heavy atom. The minimum atomic E-state index is -0.612. The molecule has 0 radical (unpaired) electrons. The topological polar surface area (TPSA) is 65.6 Å². The molecule has 2 atom stereocenters. The standard InChI is InChI=1S/C18H22N2O3S2/c1-12-16(25-18(24)19-12)10-17(22)20-7-8-23-11-14(20)9-15(21)13-5-3-2-4-6-13/h2-6,14-15,21H,7-11H2,1H3,(H,19,24)/t14-,15-/m0/s1. The molecular formula is C18H22N2O3S2. The van der Waals surface area contributed by atoms with Crippen molar-refractivity contribution >= 4 is 29.5 Å². The molecule has 1 saturated heterocycles. The Hall–Kier alpha value is -1.54. The number of nitrogens with one attached hydrogen (secondary N) is 1. The predicted octanol–water partition coefficient (Wildman–Crippen LogP) is 3.01. The van der Waals surface area contributed by atoms with Gasteiger partial charge in [0.2, 0.25) is 5.91 Å². The molecule has 1 fully saturated rings. The largest absolute Gasteiger partial charge is 0.388 e. The molecule has 1 aromatic carbocycles. The van der Waals surface area contributed by atoms with Gasteiger partial charge in [-0.15, -0.1) is 11.3 Å². The first-order valence-electron chi connectivity index (χ1n) is 8.33. The lowest BCUT2D eigenvalue weighted by atomic mass is 10.0. The van der Waals surface area contributed by atoms with Crippen molar-refractivity contribution in [2.45, 2.75) is 31.9 Å². The Morgan fingerprint density at radius 2 is 2.24 bits per heavy atom. The van der Waals surface area contributed by atoms with Crippen LogP contribution < -0.4 is 0 Å². The number of morpholine rings is 1. The summed E-state index contributed by atoms with van der Waals surface area (Å²) >= 11 is 6.60. The Kier molecular flexibility index (Phi) is 6.01. The zero-order valence-electron chi connectivity index (χ0n) is 14.1. The third kappa shape index (κ3) is 4.55. The number of aromatic nitrogens is 1. The quantitative estimate of drug-likeness (QED) is 0.785. The number of hydrogen-bond donors (Lipinski definition) is 2. The van der Waals surface area contributed by atoms with Crippen molar-refractivity contribution in [2.75, 3.05) is 19.8 Å². The molecular weight excluding hydrogens is 356 g/mol. The van der Waals surface area contributed by atoms with Gasteiger partial charge < -0.3 is 19.7 Å². The van der Waals surface area contributed by atoms with E-state index in [1.807, 2.05) is 42.2 Å². The third-order valence-corrected chi connectivity index (χ3v) is 5.80. The molecule has 1 aromatic heterocycles. The van der Waals surface area contributed by atoms with Crippen molar-refractivity contribution in [1.29, 1.82) is 0 Å². The number of aliphatic hydroxyl groups excluding tert-OH is 1. The van der Waals surface area contributed by atoms with Gasteiger partial charge >= 0.3 is 0 Å². The van der Waals surface area contributed by atoms with Gasteiger partial charge in [0.05, 0.1) is 31.8 Å². The van der Waals surface area contributed by atoms with Crippen LogP contribution in [-0.2, 0) is 16.0 Å². The number of aliphatic hydroxyl groups is 1. The number of rotatable bonds is 5. The van der Waals surface area contributed by atoms with Gasteiger partial charge in [-0.25, -0.2) is 0 Å². The van der Waals surface area contributed by atoms with Crippen LogP contribution in [0.5, 0.6) is 0 Å². The van der Waals surface area contributed by atoms with E-state index in [2.05, 4.69) is 4.98 Å². The van der Waals surface area contributed by atoms with Gasteiger partial charge in [-0.1, -0.05) is 30.3 Å². The van der Waals surface area contributed by atoms with Crippen LogP contribution in [0, 0.1) is 10.9 Å². The summed E-state index contributed by atoms with van der Waals surface area (Å²) in [7, 11) is 0. The van der Waals surface area contributed by atoms with E-state index in [0.29, 0.717) is 36.6 Å². The molecule has 1 amide bonds. The Bertz CT molecular complexity index is 772. The maximum absolute atomic E-state index is 12.8. The monoisotopic (exact) mass is 378 g/mol. The molecule has 2 aromatic rings. The fourth-order valence-electron chi connectivity index (χ4n) is 3.09. The zero-order valence-corrected chi connectivity index (χ0v) is 15.7. The Labute approximate surface area is 156 Å². The van der Waals surface area contributed by atoms with Crippen molar-refractivity contribution in [3.8, 4) is 0 Å². The summed E-state index contributed by atoms with van der Waals surface area (Å²) in [6.45, 7) is 3.48. The normalized spacial score (nSPS) is 19.0. The first-order chi connectivity index (χ1) is 12.0. The van der Waals surface area contributed by atoms with Crippen LogP contribution in [0.15, 0.2) is 30.3 Å². The van der Waals surface area contributed by atoms with Crippen molar-refractivity contribution in [3.05, 3.63) is 50.4 Å². The highest BCUT2D eigenvalue weighted by Crippen LogP contribution is 2.24. The Balaban J connectivity index is 1.69. The average Bonchev–Trinajstić information content (AvgIpc) is 2.93. The van der Waals surface area contributed by atoms with Gasteiger partial charge in [0.25, 0.3) is 0 Å². The highest BCUT2D eigenvalue weighted by atomic mass is 32.1. The maximum atomic E-state index is 12.8. The van der Waals surface area contributed by atoms with Crippen LogP contribution in [0.25, 0.3) is 0 Å². The second kappa shape index (κ2) is 8.23.